The number of nitrogens with one attached hydrogen (secondary N) is 1. The van der Waals surface area contributed by atoms with Crippen LogP contribution in [0.2, 0.25) is 0 Å². The fourth-order valence-electron chi connectivity index (χ4n) is 2.74. The zero-order valence-corrected chi connectivity index (χ0v) is 12.1. The van der Waals surface area contributed by atoms with Gasteiger partial charge < -0.3 is 10.1 Å². The smallest absolute Gasteiger partial charge is 0.0589 e. The van der Waals surface area contributed by atoms with E-state index in [-0.39, 0.29) is 0 Å². The average Bonchev–Trinajstić information content (AvgIpc) is 2.35. The first-order valence-electron chi connectivity index (χ1n) is 7.07. The summed E-state index contributed by atoms with van der Waals surface area (Å²) in [5, 5.41) is 3.48. The first-order chi connectivity index (χ1) is 8.13. The lowest BCUT2D eigenvalue weighted by Gasteiger charge is -2.42. The SMILES string of the molecule is CCC1(CN(CCOC)C(C)C)CCNCC1. The van der Waals surface area contributed by atoms with Crippen LogP contribution >= 0.6 is 0 Å². The third-order valence-electron chi connectivity index (χ3n) is 4.27. The highest BCUT2D eigenvalue weighted by Gasteiger charge is 2.32. The summed E-state index contributed by atoms with van der Waals surface area (Å²) >= 11 is 0. The summed E-state index contributed by atoms with van der Waals surface area (Å²) in [5.74, 6) is 0. The van der Waals surface area contributed by atoms with Crippen molar-refractivity contribution in [2.45, 2.75) is 46.1 Å². The Morgan fingerprint density at radius 2 is 1.94 bits per heavy atom. The largest absolute Gasteiger partial charge is 0.383 e. The van der Waals surface area contributed by atoms with Gasteiger partial charge in [-0.1, -0.05) is 6.92 Å². The van der Waals surface area contributed by atoms with Gasteiger partial charge in [0.05, 0.1) is 6.61 Å². The van der Waals surface area contributed by atoms with E-state index in [1.807, 2.05) is 0 Å². The second-order valence-corrected chi connectivity index (χ2v) is 5.66. The Hall–Kier alpha value is -0.120. The van der Waals surface area contributed by atoms with E-state index in [1.165, 1.54) is 38.9 Å². The van der Waals surface area contributed by atoms with E-state index < -0.39 is 0 Å². The summed E-state index contributed by atoms with van der Waals surface area (Å²) < 4.78 is 5.22. The molecule has 1 aliphatic heterocycles. The van der Waals surface area contributed by atoms with Crippen molar-refractivity contribution in [3.8, 4) is 0 Å². The predicted molar refractivity (Wildman–Crippen MR) is 73.4 cm³/mol. The van der Waals surface area contributed by atoms with Gasteiger partial charge in [0, 0.05) is 26.2 Å². The molecule has 0 spiro atoms. The van der Waals surface area contributed by atoms with Crippen LogP contribution in [0.4, 0.5) is 0 Å². The molecule has 0 radical (unpaired) electrons. The molecule has 0 amide bonds. The van der Waals surface area contributed by atoms with E-state index in [1.54, 1.807) is 7.11 Å². The van der Waals surface area contributed by atoms with Crippen molar-refractivity contribution < 1.29 is 4.74 Å². The van der Waals surface area contributed by atoms with E-state index in [9.17, 15) is 0 Å². The van der Waals surface area contributed by atoms with E-state index >= 15 is 0 Å². The second-order valence-electron chi connectivity index (χ2n) is 5.66. The zero-order valence-electron chi connectivity index (χ0n) is 12.1. The molecule has 0 aliphatic carbocycles. The summed E-state index contributed by atoms with van der Waals surface area (Å²) in [6.07, 6.45) is 3.93. The van der Waals surface area contributed by atoms with Crippen molar-refractivity contribution >= 4 is 0 Å². The van der Waals surface area contributed by atoms with Crippen LogP contribution in [0.25, 0.3) is 0 Å². The topological polar surface area (TPSA) is 24.5 Å². The third kappa shape index (κ3) is 4.57. The predicted octanol–water partition coefficient (Wildman–Crippen LogP) is 2.12. The molecular formula is C14H30N2O. The summed E-state index contributed by atoms with van der Waals surface area (Å²) in [4.78, 5) is 2.58. The standard InChI is InChI=1S/C14H30N2O/c1-5-14(6-8-15-9-7-14)12-16(13(2)3)10-11-17-4/h13,15H,5-12H2,1-4H3. The Morgan fingerprint density at radius 1 is 1.29 bits per heavy atom. The Morgan fingerprint density at radius 3 is 2.41 bits per heavy atom. The molecule has 1 aliphatic rings. The molecule has 0 bridgehead atoms. The van der Waals surface area contributed by atoms with Crippen molar-refractivity contribution in [2.24, 2.45) is 5.41 Å². The molecule has 1 heterocycles. The third-order valence-corrected chi connectivity index (χ3v) is 4.27. The Labute approximate surface area is 107 Å². The number of methoxy groups -OCH3 is 1. The van der Waals surface area contributed by atoms with Crippen molar-refractivity contribution in [1.82, 2.24) is 10.2 Å². The van der Waals surface area contributed by atoms with Crippen molar-refractivity contribution in [1.29, 1.82) is 0 Å². The number of piperidine rings is 1. The number of ether oxygens (including phenoxy) is 1. The Bertz CT molecular complexity index is 200. The lowest BCUT2D eigenvalue weighted by atomic mass is 9.76. The summed E-state index contributed by atoms with van der Waals surface area (Å²) in [5.41, 5.74) is 0.531. The highest BCUT2D eigenvalue weighted by atomic mass is 16.5. The van der Waals surface area contributed by atoms with Gasteiger partial charge in [-0.05, 0) is 51.6 Å². The van der Waals surface area contributed by atoms with Gasteiger partial charge in [0.1, 0.15) is 0 Å². The highest BCUT2D eigenvalue weighted by molar-refractivity contribution is 4.87. The lowest BCUT2D eigenvalue weighted by molar-refractivity contribution is 0.0633. The van der Waals surface area contributed by atoms with E-state index in [2.05, 4.69) is 31.0 Å². The molecule has 0 aromatic rings. The van der Waals surface area contributed by atoms with Crippen LogP contribution in [-0.4, -0.2) is 50.8 Å². The molecule has 0 atom stereocenters. The van der Waals surface area contributed by atoms with Gasteiger partial charge in [-0.15, -0.1) is 0 Å². The van der Waals surface area contributed by atoms with Crippen molar-refractivity contribution in [2.75, 3.05) is 39.9 Å². The van der Waals surface area contributed by atoms with Gasteiger partial charge in [-0.2, -0.15) is 0 Å². The van der Waals surface area contributed by atoms with Gasteiger partial charge in [-0.25, -0.2) is 0 Å². The van der Waals surface area contributed by atoms with E-state index in [0.717, 1.165) is 13.2 Å². The van der Waals surface area contributed by atoms with Gasteiger partial charge in [0.25, 0.3) is 0 Å². The van der Waals surface area contributed by atoms with Crippen LogP contribution in [-0.2, 0) is 4.74 Å². The van der Waals surface area contributed by atoms with E-state index in [4.69, 9.17) is 4.74 Å². The number of rotatable bonds is 7. The molecule has 17 heavy (non-hydrogen) atoms. The second kappa shape index (κ2) is 7.34. The molecule has 1 saturated heterocycles. The van der Waals surface area contributed by atoms with Gasteiger partial charge >= 0.3 is 0 Å². The van der Waals surface area contributed by atoms with Crippen molar-refractivity contribution in [3.05, 3.63) is 0 Å². The van der Waals surface area contributed by atoms with Crippen LogP contribution in [0.15, 0.2) is 0 Å². The van der Waals surface area contributed by atoms with Crippen LogP contribution < -0.4 is 5.32 Å². The molecule has 3 nitrogen and oxygen atoms in total. The lowest BCUT2D eigenvalue weighted by Crippen LogP contribution is -2.47. The maximum Gasteiger partial charge on any atom is 0.0589 e. The Balaban J connectivity index is 2.55. The van der Waals surface area contributed by atoms with Gasteiger partial charge in [0.2, 0.25) is 0 Å². The number of hydrogen-bond acceptors (Lipinski definition) is 3. The Kier molecular flexibility index (Phi) is 6.45. The average molecular weight is 242 g/mol. The molecule has 1 fully saturated rings. The van der Waals surface area contributed by atoms with Crippen molar-refractivity contribution in [3.63, 3.8) is 0 Å². The summed E-state index contributed by atoms with van der Waals surface area (Å²) in [7, 11) is 1.79. The van der Waals surface area contributed by atoms with Crippen LogP contribution in [0, 0.1) is 5.41 Å². The first-order valence-corrected chi connectivity index (χ1v) is 7.07. The molecule has 1 rings (SSSR count). The molecule has 3 heteroatoms. The highest BCUT2D eigenvalue weighted by Crippen LogP contribution is 2.33. The molecule has 0 unspecified atom stereocenters. The maximum absolute atomic E-state index is 5.22. The summed E-state index contributed by atoms with van der Waals surface area (Å²) in [6.45, 7) is 12.4. The zero-order chi connectivity index (χ0) is 12.7. The van der Waals surface area contributed by atoms with Crippen LogP contribution in [0.1, 0.15) is 40.0 Å². The minimum Gasteiger partial charge on any atom is -0.383 e. The first kappa shape index (κ1) is 14.9. The molecule has 0 aromatic carbocycles. The van der Waals surface area contributed by atoms with Crippen LogP contribution in [0.3, 0.4) is 0 Å². The normalized spacial score (nSPS) is 20.1. The van der Waals surface area contributed by atoms with Gasteiger partial charge in [-0.3, -0.25) is 4.90 Å². The van der Waals surface area contributed by atoms with E-state index in [0.29, 0.717) is 11.5 Å². The van der Waals surface area contributed by atoms with Crippen LogP contribution in [0.5, 0.6) is 0 Å². The summed E-state index contributed by atoms with van der Waals surface area (Å²) in [6, 6.07) is 0.614. The van der Waals surface area contributed by atoms with Gasteiger partial charge in [0.15, 0.2) is 0 Å². The molecule has 1 N–H and O–H groups in total. The molecular weight excluding hydrogens is 212 g/mol. The minimum absolute atomic E-state index is 0.531. The maximum atomic E-state index is 5.22. The molecule has 0 aromatic heterocycles. The minimum atomic E-state index is 0.531. The fourth-order valence-corrected chi connectivity index (χ4v) is 2.74. The molecule has 102 valence electrons. The number of hydrogen-bond donors (Lipinski definition) is 1. The monoisotopic (exact) mass is 242 g/mol. The molecule has 0 saturated carbocycles. The number of nitrogens with zero attached hydrogens (tertiary/aromatic N) is 1. The fraction of sp³-hybridized carbons (Fsp3) is 1.00. The quantitative estimate of drug-likeness (QED) is 0.740.